The van der Waals surface area contributed by atoms with E-state index in [0.29, 0.717) is 0 Å². The van der Waals surface area contributed by atoms with Gasteiger partial charge in [-0.1, -0.05) is 42.5 Å². The number of aromatic nitrogens is 1. The van der Waals surface area contributed by atoms with Crippen molar-refractivity contribution in [1.29, 1.82) is 0 Å². The molecule has 0 N–H and O–H groups in total. The zero-order valence-electron chi connectivity index (χ0n) is 9.48. The molecule has 0 amide bonds. The molecule has 2 aliphatic carbocycles. The summed E-state index contributed by atoms with van der Waals surface area (Å²) in [6.45, 7) is 0. The summed E-state index contributed by atoms with van der Waals surface area (Å²) in [6.07, 6.45) is 19.7. The number of allylic oxidation sites excluding steroid dienone is 5. The van der Waals surface area contributed by atoms with Crippen molar-refractivity contribution in [3.63, 3.8) is 0 Å². The first kappa shape index (κ1) is 9.46. The SMILES string of the molecule is Cn1c2c(c3c1CC=CC=C3)C=CCC=C2. The third-order valence-corrected chi connectivity index (χ3v) is 3.30. The van der Waals surface area contributed by atoms with Gasteiger partial charge in [0.15, 0.2) is 0 Å². The summed E-state index contributed by atoms with van der Waals surface area (Å²) >= 11 is 0. The molecule has 16 heavy (non-hydrogen) atoms. The maximum atomic E-state index is 2.32. The molecule has 80 valence electrons. The van der Waals surface area contributed by atoms with Gasteiger partial charge < -0.3 is 4.57 Å². The molecule has 0 radical (unpaired) electrons. The van der Waals surface area contributed by atoms with Crippen molar-refractivity contribution in [3.05, 3.63) is 52.9 Å². The van der Waals surface area contributed by atoms with Crippen molar-refractivity contribution in [2.24, 2.45) is 7.05 Å². The van der Waals surface area contributed by atoms with Gasteiger partial charge >= 0.3 is 0 Å². The van der Waals surface area contributed by atoms with Crippen LogP contribution in [0.25, 0.3) is 18.2 Å². The maximum Gasteiger partial charge on any atom is 0.0483 e. The molecule has 1 nitrogen and oxygen atoms in total. The lowest BCUT2D eigenvalue weighted by Crippen LogP contribution is -1.97. The molecule has 0 bridgehead atoms. The predicted octanol–water partition coefficient (Wildman–Crippen LogP) is 3.58. The Kier molecular flexibility index (Phi) is 2.17. The van der Waals surface area contributed by atoms with Crippen LogP contribution in [0.5, 0.6) is 0 Å². The van der Waals surface area contributed by atoms with Crippen LogP contribution in [0.3, 0.4) is 0 Å². The van der Waals surface area contributed by atoms with Crippen molar-refractivity contribution >= 4 is 18.2 Å². The quantitative estimate of drug-likeness (QED) is 0.615. The van der Waals surface area contributed by atoms with Crippen molar-refractivity contribution in [1.82, 2.24) is 4.57 Å². The van der Waals surface area contributed by atoms with E-state index >= 15 is 0 Å². The van der Waals surface area contributed by atoms with E-state index in [1.54, 1.807) is 0 Å². The molecule has 1 aromatic rings. The topological polar surface area (TPSA) is 4.93 Å². The fourth-order valence-electron chi connectivity index (χ4n) is 2.46. The molecule has 1 aromatic heterocycles. The van der Waals surface area contributed by atoms with Crippen LogP contribution in [0.2, 0.25) is 0 Å². The van der Waals surface area contributed by atoms with Crippen molar-refractivity contribution in [3.8, 4) is 0 Å². The molecule has 1 heterocycles. The first-order valence-electron chi connectivity index (χ1n) is 5.76. The highest BCUT2D eigenvalue weighted by Crippen LogP contribution is 2.29. The van der Waals surface area contributed by atoms with Crippen LogP contribution in [0.4, 0.5) is 0 Å². The standard InChI is InChI=1S/C15H15N/c1-16-14-10-6-2-4-8-12(14)13-9-5-3-7-11-15(13)16/h2,4-9,11H,3,10H2,1H3. The Bertz CT molecular complexity index is 536. The van der Waals surface area contributed by atoms with Gasteiger partial charge in [-0.3, -0.25) is 0 Å². The molecule has 0 fully saturated rings. The molecule has 3 rings (SSSR count). The lowest BCUT2D eigenvalue weighted by atomic mass is 10.1. The largest absolute Gasteiger partial charge is 0.347 e. The molecule has 0 saturated carbocycles. The zero-order valence-corrected chi connectivity index (χ0v) is 9.48. The van der Waals surface area contributed by atoms with Crippen molar-refractivity contribution in [2.45, 2.75) is 12.8 Å². The molecule has 0 saturated heterocycles. The van der Waals surface area contributed by atoms with Crippen molar-refractivity contribution < 1.29 is 0 Å². The van der Waals surface area contributed by atoms with Crippen LogP contribution in [0.15, 0.2) is 30.4 Å². The van der Waals surface area contributed by atoms with Crippen LogP contribution in [-0.2, 0) is 13.5 Å². The summed E-state index contributed by atoms with van der Waals surface area (Å²) in [5.41, 5.74) is 5.49. The summed E-state index contributed by atoms with van der Waals surface area (Å²) in [6, 6.07) is 0. The van der Waals surface area contributed by atoms with E-state index < -0.39 is 0 Å². The predicted molar refractivity (Wildman–Crippen MR) is 70.0 cm³/mol. The Labute approximate surface area is 96.1 Å². The zero-order chi connectivity index (χ0) is 11.0. The minimum absolute atomic E-state index is 1.02. The summed E-state index contributed by atoms with van der Waals surface area (Å²) < 4.78 is 2.32. The van der Waals surface area contributed by atoms with Crippen LogP contribution in [0, 0.1) is 0 Å². The van der Waals surface area contributed by atoms with Gasteiger partial charge in [-0.15, -0.1) is 0 Å². The smallest absolute Gasteiger partial charge is 0.0483 e. The molecule has 0 unspecified atom stereocenters. The average molecular weight is 209 g/mol. The van der Waals surface area contributed by atoms with Crippen LogP contribution in [-0.4, -0.2) is 4.57 Å². The first-order chi connectivity index (χ1) is 7.88. The molecule has 0 spiro atoms. The summed E-state index contributed by atoms with van der Waals surface area (Å²) in [5.74, 6) is 0. The van der Waals surface area contributed by atoms with E-state index in [1.807, 2.05) is 0 Å². The number of hydrogen-bond donors (Lipinski definition) is 0. The third kappa shape index (κ3) is 1.32. The van der Waals surface area contributed by atoms with E-state index in [1.165, 1.54) is 22.5 Å². The summed E-state index contributed by atoms with van der Waals surface area (Å²) in [5, 5.41) is 0. The number of nitrogens with zero attached hydrogens (tertiary/aromatic N) is 1. The highest BCUT2D eigenvalue weighted by molar-refractivity contribution is 5.77. The fourth-order valence-corrected chi connectivity index (χ4v) is 2.46. The monoisotopic (exact) mass is 209 g/mol. The van der Waals surface area contributed by atoms with Crippen LogP contribution in [0.1, 0.15) is 28.9 Å². The second-order valence-electron chi connectivity index (χ2n) is 4.25. The lowest BCUT2D eigenvalue weighted by Gasteiger charge is -2.03. The number of fused-ring (bicyclic) bond motifs is 3. The van der Waals surface area contributed by atoms with Crippen LogP contribution >= 0.6 is 0 Å². The van der Waals surface area contributed by atoms with Gasteiger partial charge in [0.25, 0.3) is 0 Å². The Morgan fingerprint density at radius 3 is 2.75 bits per heavy atom. The minimum Gasteiger partial charge on any atom is -0.347 e. The summed E-state index contributed by atoms with van der Waals surface area (Å²) in [7, 11) is 2.16. The molecule has 0 atom stereocenters. The lowest BCUT2D eigenvalue weighted by molar-refractivity contribution is 0.847. The molecular formula is C15H15N. The highest BCUT2D eigenvalue weighted by Gasteiger charge is 2.16. The van der Waals surface area contributed by atoms with E-state index in [4.69, 9.17) is 0 Å². The van der Waals surface area contributed by atoms with Gasteiger partial charge in [0.05, 0.1) is 0 Å². The molecule has 0 aromatic carbocycles. The Balaban J connectivity index is 2.30. The Hall–Kier alpha value is -1.76. The third-order valence-electron chi connectivity index (χ3n) is 3.30. The minimum atomic E-state index is 1.02. The van der Waals surface area contributed by atoms with Gasteiger partial charge in [-0.05, 0) is 12.5 Å². The normalized spacial score (nSPS) is 16.8. The van der Waals surface area contributed by atoms with Gasteiger partial charge in [-0.2, -0.15) is 0 Å². The van der Waals surface area contributed by atoms with E-state index in [2.05, 4.69) is 60.2 Å². The second-order valence-corrected chi connectivity index (χ2v) is 4.25. The summed E-state index contributed by atoms with van der Waals surface area (Å²) in [4.78, 5) is 0. The molecule has 1 heteroatoms. The molecule has 0 aliphatic heterocycles. The molecule has 2 aliphatic rings. The van der Waals surface area contributed by atoms with Crippen LogP contribution < -0.4 is 0 Å². The van der Waals surface area contributed by atoms with E-state index in [9.17, 15) is 0 Å². The van der Waals surface area contributed by atoms with Gasteiger partial charge in [0.2, 0.25) is 0 Å². The number of hydrogen-bond acceptors (Lipinski definition) is 0. The number of rotatable bonds is 0. The van der Waals surface area contributed by atoms with Gasteiger partial charge in [-0.25, -0.2) is 0 Å². The Morgan fingerprint density at radius 1 is 0.938 bits per heavy atom. The average Bonchev–Trinajstić information content (AvgIpc) is 2.60. The Morgan fingerprint density at radius 2 is 1.81 bits per heavy atom. The fraction of sp³-hybridized carbons (Fsp3) is 0.200. The van der Waals surface area contributed by atoms with Gasteiger partial charge in [0.1, 0.15) is 0 Å². The van der Waals surface area contributed by atoms with E-state index in [0.717, 1.165) is 12.8 Å². The van der Waals surface area contributed by atoms with E-state index in [-0.39, 0.29) is 0 Å². The second kappa shape index (κ2) is 3.67. The molecular weight excluding hydrogens is 194 g/mol. The highest BCUT2D eigenvalue weighted by atomic mass is 15.0. The van der Waals surface area contributed by atoms with Crippen molar-refractivity contribution in [2.75, 3.05) is 0 Å². The van der Waals surface area contributed by atoms with Gasteiger partial charge in [0, 0.05) is 36.0 Å². The first-order valence-corrected chi connectivity index (χ1v) is 5.76. The maximum absolute atomic E-state index is 2.32.